The number of hydrogen-bond donors (Lipinski definition) is 1. The fraction of sp³-hybridized carbons (Fsp3) is 0.905. The summed E-state index contributed by atoms with van der Waals surface area (Å²) in [6, 6.07) is 0. The minimum Gasteiger partial charge on any atom is -0.377 e. The largest absolute Gasteiger partial charge is 0.377 e. The predicted octanol–water partition coefficient (Wildman–Crippen LogP) is 4.78. The molecule has 122 valence electrons. The SMILES string of the molecule is CC#CC1(O)CCC2C3CCC4CCCCC4C3CCC21C. The van der Waals surface area contributed by atoms with Crippen LogP contribution in [0.5, 0.6) is 0 Å². The summed E-state index contributed by atoms with van der Waals surface area (Å²) < 4.78 is 0. The Morgan fingerprint density at radius 2 is 1.68 bits per heavy atom. The average Bonchev–Trinajstić information content (AvgIpc) is 2.79. The van der Waals surface area contributed by atoms with E-state index >= 15 is 0 Å². The second-order valence-corrected chi connectivity index (χ2v) is 8.95. The first-order valence-electron chi connectivity index (χ1n) is 9.75. The zero-order valence-electron chi connectivity index (χ0n) is 14.4. The summed E-state index contributed by atoms with van der Waals surface area (Å²) in [5.74, 6) is 10.9. The highest BCUT2D eigenvalue weighted by Crippen LogP contribution is 2.65. The van der Waals surface area contributed by atoms with Crippen LogP contribution in [0, 0.1) is 46.8 Å². The van der Waals surface area contributed by atoms with Crippen LogP contribution in [0.4, 0.5) is 0 Å². The van der Waals surface area contributed by atoms with Crippen molar-refractivity contribution in [1.29, 1.82) is 0 Å². The highest BCUT2D eigenvalue weighted by molar-refractivity contribution is 5.25. The van der Waals surface area contributed by atoms with Crippen LogP contribution in [-0.4, -0.2) is 10.7 Å². The van der Waals surface area contributed by atoms with Gasteiger partial charge in [0.1, 0.15) is 5.60 Å². The summed E-state index contributed by atoms with van der Waals surface area (Å²) in [7, 11) is 0. The zero-order valence-corrected chi connectivity index (χ0v) is 14.4. The Morgan fingerprint density at radius 1 is 0.864 bits per heavy atom. The maximum Gasteiger partial charge on any atom is 0.131 e. The molecule has 0 aromatic carbocycles. The van der Waals surface area contributed by atoms with Crippen molar-refractivity contribution in [2.45, 2.75) is 83.7 Å². The van der Waals surface area contributed by atoms with E-state index < -0.39 is 5.60 Å². The second kappa shape index (κ2) is 5.27. The molecule has 4 saturated carbocycles. The molecule has 22 heavy (non-hydrogen) atoms. The molecule has 4 aliphatic carbocycles. The molecule has 4 fully saturated rings. The van der Waals surface area contributed by atoms with Crippen LogP contribution < -0.4 is 0 Å². The van der Waals surface area contributed by atoms with Gasteiger partial charge in [0.15, 0.2) is 0 Å². The van der Waals surface area contributed by atoms with Crippen LogP contribution in [0.15, 0.2) is 0 Å². The Hall–Kier alpha value is -0.480. The molecule has 0 aromatic rings. The molecule has 0 aromatic heterocycles. The van der Waals surface area contributed by atoms with Gasteiger partial charge in [-0.1, -0.05) is 32.1 Å². The van der Waals surface area contributed by atoms with Gasteiger partial charge in [-0.05, 0) is 81.5 Å². The van der Waals surface area contributed by atoms with Gasteiger partial charge in [-0.2, -0.15) is 0 Å². The summed E-state index contributed by atoms with van der Waals surface area (Å²) in [5.41, 5.74) is -0.653. The summed E-state index contributed by atoms with van der Waals surface area (Å²) >= 11 is 0. The van der Waals surface area contributed by atoms with Gasteiger partial charge in [0.25, 0.3) is 0 Å². The smallest absolute Gasteiger partial charge is 0.131 e. The quantitative estimate of drug-likeness (QED) is 0.638. The van der Waals surface area contributed by atoms with Crippen LogP contribution in [0.25, 0.3) is 0 Å². The van der Waals surface area contributed by atoms with Gasteiger partial charge in [0.2, 0.25) is 0 Å². The van der Waals surface area contributed by atoms with Crippen LogP contribution in [0.3, 0.4) is 0 Å². The van der Waals surface area contributed by atoms with E-state index in [9.17, 15) is 5.11 Å². The summed E-state index contributed by atoms with van der Waals surface area (Å²) in [4.78, 5) is 0. The van der Waals surface area contributed by atoms with E-state index in [0.717, 1.165) is 36.0 Å². The molecule has 4 aliphatic rings. The minimum absolute atomic E-state index is 0.0542. The van der Waals surface area contributed by atoms with Gasteiger partial charge in [-0.25, -0.2) is 0 Å². The van der Waals surface area contributed by atoms with Gasteiger partial charge in [0, 0.05) is 5.41 Å². The van der Waals surface area contributed by atoms with Gasteiger partial charge in [-0.15, -0.1) is 5.92 Å². The first-order valence-corrected chi connectivity index (χ1v) is 9.75. The van der Waals surface area contributed by atoms with Gasteiger partial charge in [0.05, 0.1) is 0 Å². The van der Waals surface area contributed by atoms with E-state index in [1.807, 2.05) is 6.92 Å². The predicted molar refractivity (Wildman–Crippen MR) is 90.1 cm³/mol. The second-order valence-electron chi connectivity index (χ2n) is 8.95. The monoisotopic (exact) mass is 300 g/mol. The molecule has 4 rings (SSSR count). The molecule has 0 heterocycles. The van der Waals surface area contributed by atoms with Gasteiger partial charge < -0.3 is 5.11 Å². The fourth-order valence-electron chi connectivity index (χ4n) is 7.26. The number of rotatable bonds is 0. The molecule has 1 nitrogen and oxygen atoms in total. The van der Waals surface area contributed by atoms with Crippen LogP contribution in [-0.2, 0) is 0 Å². The third kappa shape index (κ3) is 1.96. The average molecular weight is 300 g/mol. The van der Waals surface area contributed by atoms with Gasteiger partial charge in [-0.3, -0.25) is 0 Å². The third-order valence-corrected chi connectivity index (χ3v) is 8.36. The lowest BCUT2D eigenvalue weighted by molar-refractivity contribution is -0.104. The van der Waals surface area contributed by atoms with Gasteiger partial charge >= 0.3 is 0 Å². The Kier molecular flexibility index (Phi) is 3.61. The molecule has 1 N–H and O–H groups in total. The fourth-order valence-corrected chi connectivity index (χ4v) is 7.26. The highest BCUT2D eigenvalue weighted by Gasteiger charge is 2.62. The lowest BCUT2D eigenvalue weighted by atomic mass is 9.49. The van der Waals surface area contributed by atoms with Crippen molar-refractivity contribution in [3.8, 4) is 11.8 Å². The van der Waals surface area contributed by atoms with E-state index in [1.54, 1.807) is 0 Å². The summed E-state index contributed by atoms with van der Waals surface area (Å²) in [6.45, 7) is 4.24. The van der Waals surface area contributed by atoms with Crippen LogP contribution >= 0.6 is 0 Å². The summed E-state index contributed by atoms with van der Waals surface area (Å²) in [5, 5.41) is 11.2. The third-order valence-electron chi connectivity index (χ3n) is 8.36. The minimum atomic E-state index is -0.708. The molecule has 0 aliphatic heterocycles. The Morgan fingerprint density at radius 3 is 2.50 bits per heavy atom. The van der Waals surface area contributed by atoms with Crippen molar-refractivity contribution in [1.82, 2.24) is 0 Å². The number of hydrogen-bond acceptors (Lipinski definition) is 1. The lowest BCUT2D eigenvalue weighted by Gasteiger charge is -2.56. The molecule has 1 heteroatoms. The maximum absolute atomic E-state index is 11.2. The Bertz CT molecular complexity index is 500. The van der Waals surface area contributed by atoms with E-state index in [4.69, 9.17) is 0 Å². The molecule has 0 spiro atoms. The van der Waals surface area contributed by atoms with E-state index in [1.165, 1.54) is 57.8 Å². The lowest BCUT2D eigenvalue weighted by Crippen LogP contribution is -2.53. The molecule has 0 saturated heterocycles. The standard InChI is InChI=1S/C21H32O/c1-3-12-21(22)14-11-19-18-9-8-15-6-4-5-7-16(15)17(18)10-13-20(19,21)2/h15-19,22H,4-11,13-14H2,1-2H3. The van der Waals surface area contributed by atoms with Crippen LogP contribution in [0.2, 0.25) is 0 Å². The summed E-state index contributed by atoms with van der Waals surface area (Å²) in [6.07, 6.45) is 13.5. The van der Waals surface area contributed by atoms with Crippen molar-refractivity contribution < 1.29 is 5.11 Å². The molecular weight excluding hydrogens is 268 g/mol. The molecule has 0 amide bonds. The zero-order chi connectivity index (χ0) is 15.4. The Labute approximate surface area is 136 Å². The first-order chi connectivity index (χ1) is 10.6. The molecule has 7 unspecified atom stereocenters. The normalized spacial score (nSPS) is 53.7. The topological polar surface area (TPSA) is 20.2 Å². The van der Waals surface area contributed by atoms with Crippen molar-refractivity contribution in [3.63, 3.8) is 0 Å². The van der Waals surface area contributed by atoms with E-state index in [0.29, 0.717) is 0 Å². The molecule has 0 bridgehead atoms. The van der Waals surface area contributed by atoms with Crippen LogP contribution in [0.1, 0.15) is 78.1 Å². The number of aliphatic hydroxyl groups is 1. The van der Waals surface area contributed by atoms with E-state index in [-0.39, 0.29) is 5.41 Å². The van der Waals surface area contributed by atoms with Crippen molar-refractivity contribution >= 4 is 0 Å². The molecule has 0 radical (unpaired) electrons. The van der Waals surface area contributed by atoms with Crippen molar-refractivity contribution in [2.75, 3.05) is 0 Å². The molecular formula is C21H32O. The maximum atomic E-state index is 11.2. The van der Waals surface area contributed by atoms with Crippen molar-refractivity contribution in [2.24, 2.45) is 35.0 Å². The Balaban J connectivity index is 1.62. The number of fused-ring (bicyclic) bond motifs is 5. The van der Waals surface area contributed by atoms with E-state index in [2.05, 4.69) is 18.8 Å². The molecule has 7 atom stereocenters. The first kappa shape index (κ1) is 15.1. The highest BCUT2D eigenvalue weighted by atomic mass is 16.3. The van der Waals surface area contributed by atoms with Crippen molar-refractivity contribution in [3.05, 3.63) is 0 Å².